The number of aliphatic carboxylic acids is 1. The fourth-order valence-corrected chi connectivity index (χ4v) is 4.00. The minimum absolute atomic E-state index is 0.0291. The molecule has 0 radical (unpaired) electrons. The number of hydrogen-bond donors (Lipinski definition) is 2. The second kappa shape index (κ2) is 6.03. The first kappa shape index (κ1) is 16.7. The average Bonchev–Trinajstić information content (AvgIpc) is 3.04. The van der Waals surface area contributed by atoms with Gasteiger partial charge in [0.2, 0.25) is 0 Å². The molecular formula is C17H20F2N2O3. The number of hydrogen-bond acceptors (Lipinski definition) is 2. The van der Waals surface area contributed by atoms with Gasteiger partial charge in [-0.1, -0.05) is 12.5 Å². The van der Waals surface area contributed by atoms with Crippen LogP contribution in [-0.2, 0) is 4.79 Å². The van der Waals surface area contributed by atoms with Crippen LogP contribution in [-0.4, -0.2) is 35.1 Å². The van der Waals surface area contributed by atoms with Crippen LogP contribution < -0.4 is 5.32 Å². The topological polar surface area (TPSA) is 69.6 Å². The molecule has 24 heavy (non-hydrogen) atoms. The molecule has 2 aliphatic rings. The third-order valence-corrected chi connectivity index (χ3v) is 5.35. The summed E-state index contributed by atoms with van der Waals surface area (Å²) in [7, 11) is 0. The zero-order valence-corrected chi connectivity index (χ0v) is 13.4. The van der Waals surface area contributed by atoms with E-state index in [0.717, 1.165) is 25.0 Å². The number of nitrogens with one attached hydrogen (secondary N) is 1. The molecule has 1 aromatic rings. The Morgan fingerprint density at radius 3 is 2.79 bits per heavy atom. The minimum atomic E-state index is -0.849. The average molecular weight is 338 g/mol. The van der Waals surface area contributed by atoms with Crippen LogP contribution in [0.25, 0.3) is 0 Å². The van der Waals surface area contributed by atoms with Crippen molar-refractivity contribution < 1.29 is 23.5 Å². The summed E-state index contributed by atoms with van der Waals surface area (Å²) in [6, 6.07) is 2.16. The number of carboxylic acid groups (broad SMARTS) is 1. The van der Waals surface area contributed by atoms with E-state index in [2.05, 4.69) is 5.32 Å². The molecule has 0 bridgehead atoms. The molecule has 1 aromatic carbocycles. The summed E-state index contributed by atoms with van der Waals surface area (Å²) in [5.74, 6) is -2.27. The highest BCUT2D eigenvalue weighted by atomic mass is 19.1. The monoisotopic (exact) mass is 338 g/mol. The second-order valence-electron chi connectivity index (χ2n) is 6.77. The first-order valence-electron chi connectivity index (χ1n) is 8.07. The van der Waals surface area contributed by atoms with Gasteiger partial charge in [-0.05, 0) is 31.7 Å². The summed E-state index contributed by atoms with van der Waals surface area (Å²) in [6.45, 7) is 2.19. The third kappa shape index (κ3) is 2.72. The van der Waals surface area contributed by atoms with Crippen molar-refractivity contribution >= 4 is 12.0 Å². The molecule has 1 aliphatic carbocycles. The van der Waals surface area contributed by atoms with Crippen LogP contribution in [0.15, 0.2) is 18.2 Å². The van der Waals surface area contributed by atoms with Gasteiger partial charge in [-0.3, -0.25) is 4.79 Å². The minimum Gasteiger partial charge on any atom is -0.481 e. The molecule has 2 fully saturated rings. The number of carboxylic acids is 1. The van der Waals surface area contributed by atoms with E-state index in [0.29, 0.717) is 13.0 Å². The smallest absolute Gasteiger partial charge is 0.317 e. The molecular weight excluding hydrogens is 318 g/mol. The van der Waals surface area contributed by atoms with Gasteiger partial charge in [0.05, 0.1) is 11.5 Å². The molecule has 3 rings (SSSR count). The van der Waals surface area contributed by atoms with Gasteiger partial charge in [0.15, 0.2) is 0 Å². The van der Waals surface area contributed by atoms with E-state index in [9.17, 15) is 23.5 Å². The predicted octanol–water partition coefficient (Wildman–Crippen LogP) is 2.92. The Hall–Kier alpha value is -2.18. The summed E-state index contributed by atoms with van der Waals surface area (Å²) in [6.07, 6.45) is 2.25. The van der Waals surface area contributed by atoms with E-state index in [4.69, 9.17) is 0 Å². The molecule has 1 saturated heterocycles. The van der Waals surface area contributed by atoms with Crippen molar-refractivity contribution in [3.63, 3.8) is 0 Å². The van der Waals surface area contributed by atoms with Gasteiger partial charge in [0.1, 0.15) is 11.6 Å². The molecule has 1 saturated carbocycles. The van der Waals surface area contributed by atoms with E-state index >= 15 is 0 Å². The van der Waals surface area contributed by atoms with Gasteiger partial charge in [-0.15, -0.1) is 0 Å². The Kier molecular flexibility index (Phi) is 4.19. The molecule has 130 valence electrons. The molecule has 2 amide bonds. The summed E-state index contributed by atoms with van der Waals surface area (Å²) < 4.78 is 26.8. The van der Waals surface area contributed by atoms with Gasteiger partial charge in [0, 0.05) is 24.7 Å². The first-order chi connectivity index (χ1) is 11.3. The number of amides is 2. The van der Waals surface area contributed by atoms with Crippen LogP contribution in [0.5, 0.6) is 0 Å². The highest BCUT2D eigenvalue weighted by Crippen LogP contribution is 2.48. The van der Waals surface area contributed by atoms with E-state index in [1.165, 1.54) is 11.0 Å². The SMILES string of the molecule is C[C@@H](NC(=O)N1C[C@@H]2CCC[C@@]2(C(=O)O)C1)c1ccc(F)cc1F. The van der Waals surface area contributed by atoms with Crippen molar-refractivity contribution in [1.82, 2.24) is 10.2 Å². The van der Waals surface area contributed by atoms with Crippen molar-refractivity contribution in [3.05, 3.63) is 35.4 Å². The number of carbonyl (C=O) groups excluding carboxylic acids is 1. The van der Waals surface area contributed by atoms with Crippen molar-refractivity contribution in [2.24, 2.45) is 11.3 Å². The lowest BCUT2D eigenvalue weighted by Gasteiger charge is -2.24. The van der Waals surface area contributed by atoms with Crippen molar-refractivity contribution in [2.45, 2.75) is 32.2 Å². The Bertz CT molecular complexity index is 682. The van der Waals surface area contributed by atoms with E-state index < -0.39 is 35.1 Å². The number of halogens is 2. The summed E-state index contributed by atoms with van der Waals surface area (Å²) in [4.78, 5) is 25.6. The number of benzene rings is 1. The van der Waals surface area contributed by atoms with Gasteiger partial charge < -0.3 is 15.3 Å². The van der Waals surface area contributed by atoms with Crippen molar-refractivity contribution in [3.8, 4) is 0 Å². The molecule has 2 N–H and O–H groups in total. The molecule has 3 atom stereocenters. The van der Waals surface area contributed by atoms with Gasteiger partial charge in [-0.2, -0.15) is 0 Å². The van der Waals surface area contributed by atoms with Crippen LogP contribution in [0.4, 0.5) is 13.6 Å². The number of nitrogens with zero attached hydrogens (tertiary/aromatic N) is 1. The lowest BCUT2D eigenvalue weighted by molar-refractivity contribution is -0.149. The molecule has 0 unspecified atom stereocenters. The van der Waals surface area contributed by atoms with Crippen molar-refractivity contribution in [2.75, 3.05) is 13.1 Å². The number of likely N-dealkylation sites (tertiary alicyclic amines) is 1. The van der Waals surface area contributed by atoms with E-state index in [-0.39, 0.29) is 18.0 Å². The van der Waals surface area contributed by atoms with E-state index in [1.807, 2.05) is 0 Å². The zero-order valence-electron chi connectivity index (χ0n) is 13.4. The Balaban J connectivity index is 1.69. The number of rotatable bonds is 3. The lowest BCUT2D eigenvalue weighted by atomic mass is 9.81. The highest BCUT2D eigenvalue weighted by molar-refractivity contribution is 5.80. The van der Waals surface area contributed by atoms with E-state index in [1.54, 1.807) is 6.92 Å². The summed E-state index contributed by atoms with van der Waals surface area (Å²) in [5.41, 5.74) is -0.654. The predicted molar refractivity (Wildman–Crippen MR) is 82.3 cm³/mol. The Morgan fingerprint density at radius 1 is 1.42 bits per heavy atom. The highest BCUT2D eigenvalue weighted by Gasteiger charge is 2.55. The normalized spacial score (nSPS) is 27.0. The molecule has 1 aliphatic heterocycles. The lowest BCUT2D eigenvalue weighted by Crippen LogP contribution is -2.42. The van der Waals surface area contributed by atoms with Gasteiger partial charge in [-0.25, -0.2) is 13.6 Å². The van der Waals surface area contributed by atoms with Gasteiger partial charge >= 0.3 is 12.0 Å². The maximum atomic E-state index is 13.8. The largest absolute Gasteiger partial charge is 0.481 e. The fourth-order valence-electron chi connectivity index (χ4n) is 4.00. The van der Waals surface area contributed by atoms with Crippen LogP contribution in [0.3, 0.4) is 0 Å². The van der Waals surface area contributed by atoms with Gasteiger partial charge in [0.25, 0.3) is 0 Å². The fraction of sp³-hybridized carbons (Fsp3) is 0.529. The molecule has 0 aromatic heterocycles. The molecule has 1 heterocycles. The maximum absolute atomic E-state index is 13.8. The van der Waals surface area contributed by atoms with Crippen LogP contribution >= 0.6 is 0 Å². The molecule has 5 nitrogen and oxygen atoms in total. The number of carbonyl (C=O) groups is 2. The van der Waals surface area contributed by atoms with Crippen molar-refractivity contribution in [1.29, 1.82) is 0 Å². The van der Waals surface area contributed by atoms with Crippen LogP contribution in [0.2, 0.25) is 0 Å². The standard InChI is InChI=1S/C17H20F2N2O3/c1-10(13-5-4-12(18)7-14(13)19)20-16(24)21-8-11-3-2-6-17(11,9-21)15(22)23/h4-5,7,10-11H,2-3,6,8-9H2,1H3,(H,20,24)(H,22,23)/t10-,11+,17-/m1/s1. The Morgan fingerprint density at radius 2 is 2.17 bits per heavy atom. The number of urea groups is 1. The van der Waals surface area contributed by atoms with Crippen LogP contribution in [0.1, 0.15) is 37.8 Å². The Labute approximate surface area is 138 Å². The van der Waals surface area contributed by atoms with Crippen LogP contribution in [0, 0.1) is 23.0 Å². The molecule has 7 heteroatoms. The maximum Gasteiger partial charge on any atom is 0.317 e. The zero-order chi connectivity index (χ0) is 17.5. The second-order valence-corrected chi connectivity index (χ2v) is 6.77. The first-order valence-corrected chi connectivity index (χ1v) is 8.07. The summed E-state index contributed by atoms with van der Waals surface area (Å²) >= 11 is 0. The summed E-state index contributed by atoms with van der Waals surface area (Å²) in [5, 5.41) is 12.2. The quantitative estimate of drug-likeness (QED) is 0.890. The molecule has 0 spiro atoms. The number of fused-ring (bicyclic) bond motifs is 1. The third-order valence-electron chi connectivity index (χ3n) is 5.35.